The number of anilines is 1. The third-order valence-corrected chi connectivity index (χ3v) is 4.35. The van der Waals surface area contributed by atoms with Crippen molar-refractivity contribution in [3.05, 3.63) is 35.4 Å². The van der Waals surface area contributed by atoms with Crippen LogP contribution in [0, 0.1) is 5.92 Å². The summed E-state index contributed by atoms with van der Waals surface area (Å²) in [5.74, 6) is -0.434. The Labute approximate surface area is 118 Å². The maximum Gasteiger partial charge on any atom is 0.294 e. The normalized spacial score (nSPS) is 15.7. The van der Waals surface area contributed by atoms with Gasteiger partial charge in [-0.05, 0) is 44.9 Å². The lowest BCUT2D eigenvalue weighted by Gasteiger charge is -2.13. The number of rotatable bonds is 4. The Morgan fingerprint density at radius 3 is 2.55 bits per heavy atom. The highest BCUT2D eigenvalue weighted by Crippen LogP contribution is 2.34. The second kappa shape index (κ2) is 5.38. The third-order valence-electron chi connectivity index (χ3n) is 3.50. The molecule has 0 aromatic heterocycles. The zero-order valence-electron chi connectivity index (χ0n) is 11.4. The molecule has 1 fully saturated rings. The number of hydrogen-bond donors (Lipinski definition) is 2. The molecule has 0 spiro atoms. The molecule has 6 heteroatoms. The highest BCUT2D eigenvalue weighted by Gasteiger charge is 2.23. The molecule has 20 heavy (non-hydrogen) atoms. The van der Waals surface area contributed by atoms with E-state index in [1.54, 1.807) is 6.07 Å². The molecule has 0 saturated heterocycles. The molecule has 2 rings (SSSR count). The molecule has 0 aliphatic heterocycles. The van der Waals surface area contributed by atoms with Gasteiger partial charge >= 0.3 is 0 Å². The molecule has 5 nitrogen and oxygen atoms in total. The predicted molar refractivity (Wildman–Crippen MR) is 76.0 cm³/mol. The van der Waals surface area contributed by atoms with Crippen molar-refractivity contribution in [1.82, 2.24) is 0 Å². The van der Waals surface area contributed by atoms with Crippen LogP contribution in [-0.4, -0.2) is 18.9 Å². The molecule has 1 atom stereocenters. The Bertz CT molecular complexity index is 670. The first-order valence-electron chi connectivity index (χ1n) is 6.36. The smallest absolute Gasteiger partial charge is 0.294 e. The van der Waals surface area contributed by atoms with E-state index in [-0.39, 0.29) is 16.7 Å². The van der Waals surface area contributed by atoms with Gasteiger partial charge in [0.15, 0.2) is 0 Å². The summed E-state index contributed by atoms with van der Waals surface area (Å²) in [5.41, 5.74) is 2.75. The highest BCUT2D eigenvalue weighted by atomic mass is 32.2. The van der Waals surface area contributed by atoms with Crippen LogP contribution in [0.5, 0.6) is 0 Å². The number of nitrogens with one attached hydrogen (secondary N) is 1. The van der Waals surface area contributed by atoms with Gasteiger partial charge in [0, 0.05) is 5.69 Å². The first kappa shape index (κ1) is 14.7. The average molecular weight is 295 g/mol. The quantitative estimate of drug-likeness (QED) is 0.660. The number of hydrogen-bond acceptors (Lipinski definition) is 3. The summed E-state index contributed by atoms with van der Waals surface area (Å²) in [7, 11) is -4.26. The number of carbonyl (C=O) groups excluding carboxylic acids is 1. The Kier molecular flexibility index (Phi) is 3.96. The van der Waals surface area contributed by atoms with Crippen LogP contribution in [0.3, 0.4) is 0 Å². The van der Waals surface area contributed by atoms with E-state index in [0.717, 1.165) is 18.4 Å². The van der Waals surface area contributed by atoms with Crippen molar-refractivity contribution >= 4 is 21.7 Å². The minimum absolute atomic E-state index is 0.186. The van der Waals surface area contributed by atoms with Gasteiger partial charge in [-0.3, -0.25) is 9.35 Å². The monoisotopic (exact) mass is 295 g/mol. The van der Waals surface area contributed by atoms with E-state index in [1.165, 1.54) is 23.8 Å². The van der Waals surface area contributed by atoms with Gasteiger partial charge in [0.2, 0.25) is 5.91 Å². The van der Waals surface area contributed by atoms with E-state index in [4.69, 9.17) is 4.55 Å². The van der Waals surface area contributed by atoms with E-state index in [2.05, 4.69) is 5.32 Å². The molecule has 1 aromatic rings. The third kappa shape index (κ3) is 3.46. The lowest BCUT2D eigenvalue weighted by Crippen LogP contribution is -2.21. The molecule has 0 heterocycles. The van der Waals surface area contributed by atoms with Crippen molar-refractivity contribution in [3.8, 4) is 0 Å². The van der Waals surface area contributed by atoms with Gasteiger partial charge in [0.25, 0.3) is 10.1 Å². The van der Waals surface area contributed by atoms with Gasteiger partial charge in [-0.1, -0.05) is 17.2 Å². The van der Waals surface area contributed by atoms with Crippen molar-refractivity contribution < 1.29 is 17.8 Å². The standard InChI is InChI=1S/C14H17NO4S/c1-9(11-6-7-11)10(2)14(16)15-12-4-3-5-13(8-12)20(17,18)19/h3-5,8,10H,6-7H2,1-2H3,(H,15,16)(H,17,18,19). The Hall–Kier alpha value is -1.66. The van der Waals surface area contributed by atoms with Gasteiger partial charge in [-0.2, -0.15) is 8.42 Å². The summed E-state index contributed by atoms with van der Waals surface area (Å²) in [5, 5.41) is 2.67. The van der Waals surface area contributed by atoms with E-state index >= 15 is 0 Å². The molecule has 1 aliphatic rings. The van der Waals surface area contributed by atoms with Gasteiger partial charge < -0.3 is 5.32 Å². The van der Waals surface area contributed by atoms with E-state index < -0.39 is 10.1 Å². The summed E-state index contributed by atoms with van der Waals surface area (Å²) in [6, 6.07) is 5.56. The number of allylic oxidation sites excluding steroid dienone is 1. The fourth-order valence-electron chi connectivity index (χ4n) is 1.94. The predicted octanol–water partition coefficient (Wildman–Crippen LogP) is 2.62. The van der Waals surface area contributed by atoms with Crippen molar-refractivity contribution in [2.45, 2.75) is 31.6 Å². The van der Waals surface area contributed by atoms with Crippen LogP contribution in [0.1, 0.15) is 26.7 Å². The Balaban J connectivity index is 2.14. The first-order valence-corrected chi connectivity index (χ1v) is 7.80. The van der Waals surface area contributed by atoms with Crippen LogP contribution in [-0.2, 0) is 14.9 Å². The molecule has 0 bridgehead atoms. The summed E-state index contributed by atoms with van der Waals surface area (Å²) >= 11 is 0. The molecule has 1 amide bonds. The molecular formula is C14H17NO4S. The van der Waals surface area contributed by atoms with Gasteiger partial charge in [0.05, 0.1) is 10.8 Å². The zero-order valence-corrected chi connectivity index (χ0v) is 12.2. The minimum Gasteiger partial charge on any atom is -0.326 e. The summed E-state index contributed by atoms with van der Waals surface area (Å²) < 4.78 is 31.1. The number of carbonyl (C=O) groups is 1. The summed E-state index contributed by atoms with van der Waals surface area (Å²) in [6.07, 6.45) is 2.11. The van der Waals surface area contributed by atoms with E-state index in [9.17, 15) is 13.2 Å². The van der Waals surface area contributed by atoms with Gasteiger partial charge in [0.1, 0.15) is 0 Å². The topological polar surface area (TPSA) is 83.5 Å². The van der Waals surface area contributed by atoms with E-state index in [1.807, 2.05) is 13.8 Å². The SMILES string of the molecule is CC(=C1CC1)C(C)C(=O)Nc1cccc(S(=O)(=O)O)c1. The first-order chi connectivity index (χ1) is 9.29. The Morgan fingerprint density at radius 2 is 2.00 bits per heavy atom. The van der Waals surface area contributed by atoms with Crippen molar-refractivity contribution in [3.63, 3.8) is 0 Å². The molecule has 1 unspecified atom stereocenters. The van der Waals surface area contributed by atoms with Crippen LogP contribution in [0.2, 0.25) is 0 Å². The average Bonchev–Trinajstić information content (AvgIpc) is 3.20. The molecule has 1 saturated carbocycles. The van der Waals surface area contributed by atoms with Gasteiger partial charge in [-0.15, -0.1) is 0 Å². The second-order valence-corrected chi connectivity index (χ2v) is 6.42. The van der Waals surface area contributed by atoms with Crippen LogP contribution in [0.25, 0.3) is 0 Å². The molecular weight excluding hydrogens is 278 g/mol. The largest absolute Gasteiger partial charge is 0.326 e. The summed E-state index contributed by atoms with van der Waals surface area (Å²) in [4.78, 5) is 11.9. The molecule has 1 aromatic carbocycles. The molecule has 2 N–H and O–H groups in total. The molecule has 0 radical (unpaired) electrons. The lowest BCUT2D eigenvalue weighted by molar-refractivity contribution is -0.118. The fraction of sp³-hybridized carbons (Fsp3) is 0.357. The molecule has 108 valence electrons. The zero-order chi connectivity index (χ0) is 14.9. The maximum atomic E-state index is 12.1. The fourth-order valence-corrected chi connectivity index (χ4v) is 2.47. The number of benzene rings is 1. The van der Waals surface area contributed by atoms with Crippen LogP contribution >= 0.6 is 0 Å². The Morgan fingerprint density at radius 1 is 1.35 bits per heavy atom. The highest BCUT2D eigenvalue weighted by molar-refractivity contribution is 7.85. The van der Waals surface area contributed by atoms with E-state index in [0.29, 0.717) is 5.69 Å². The maximum absolute atomic E-state index is 12.1. The lowest BCUT2D eigenvalue weighted by atomic mass is 10.0. The number of amides is 1. The van der Waals surface area contributed by atoms with Crippen LogP contribution in [0.15, 0.2) is 40.3 Å². The van der Waals surface area contributed by atoms with Crippen LogP contribution in [0.4, 0.5) is 5.69 Å². The second-order valence-electron chi connectivity index (χ2n) is 5.00. The van der Waals surface area contributed by atoms with Gasteiger partial charge in [-0.25, -0.2) is 0 Å². The summed E-state index contributed by atoms with van der Waals surface area (Å²) in [6.45, 7) is 3.77. The van der Waals surface area contributed by atoms with Crippen molar-refractivity contribution in [2.24, 2.45) is 5.92 Å². The van der Waals surface area contributed by atoms with Crippen molar-refractivity contribution in [2.75, 3.05) is 5.32 Å². The van der Waals surface area contributed by atoms with Crippen molar-refractivity contribution in [1.29, 1.82) is 0 Å². The molecule has 1 aliphatic carbocycles. The minimum atomic E-state index is -4.26. The van der Waals surface area contributed by atoms with Crippen LogP contribution < -0.4 is 5.32 Å².